The number of nitrogens with two attached hydrogens (primary N) is 1. The van der Waals surface area contributed by atoms with Crippen molar-refractivity contribution in [3.05, 3.63) is 27.1 Å². The van der Waals surface area contributed by atoms with Gasteiger partial charge >= 0.3 is 0 Å². The number of nitrogen functional groups attached to an aromatic ring is 1. The summed E-state index contributed by atoms with van der Waals surface area (Å²) in [6.45, 7) is 4.37. The van der Waals surface area contributed by atoms with Crippen LogP contribution in [0.2, 0.25) is 0 Å². The zero-order valence-corrected chi connectivity index (χ0v) is 12.7. The van der Waals surface area contributed by atoms with Crippen LogP contribution in [0.25, 0.3) is 0 Å². The molecule has 0 bridgehead atoms. The molecule has 3 nitrogen and oxygen atoms in total. The Morgan fingerprint density at radius 1 is 1.47 bits per heavy atom. The quantitative estimate of drug-likeness (QED) is 0.560. The van der Waals surface area contributed by atoms with Crippen LogP contribution in [0.15, 0.2) is 12.1 Å². The van der Waals surface area contributed by atoms with Crippen LogP contribution in [0.5, 0.6) is 0 Å². The molecule has 0 aliphatic rings. The van der Waals surface area contributed by atoms with Gasteiger partial charge < -0.3 is 16.2 Å². The molecular formula is C11H17ClFIN2O. The molecule has 0 aromatic heterocycles. The van der Waals surface area contributed by atoms with E-state index in [9.17, 15) is 9.50 Å². The molecule has 0 saturated heterocycles. The van der Waals surface area contributed by atoms with Gasteiger partial charge in [-0.3, -0.25) is 0 Å². The summed E-state index contributed by atoms with van der Waals surface area (Å²) in [4.78, 5) is 0. The minimum atomic E-state index is -0.717. The summed E-state index contributed by atoms with van der Waals surface area (Å²) >= 11 is 1.95. The molecular weight excluding hydrogens is 357 g/mol. The molecule has 1 aromatic carbocycles. The summed E-state index contributed by atoms with van der Waals surface area (Å²) in [5.74, 6) is -0.481. The molecule has 0 aliphatic heterocycles. The molecule has 6 heteroatoms. The van der Waals surface area contributed by atoms with Gasteiger partial charge in [-0.05, 0) is 40.3 Å². The summed E-state index contributed by atoms with van der Waals surface area (Å²) in [5, 5.41) is 12.9. The second kappa shape index (κ2) is 7.35. The number of rotatable bonds is 4. The van der Waals surface area contributed by atoms with Gasteiger partial charge in [0, 0.05) is 16.2 Å². The summed E-state index contributed by atoms with van der Waals surface area (Å²) in [5.41, 5.74) is 6.17. The predicted octanol–water partition coefficient (Wildman–Crippen LogP) is 2.47. The maximum absolute atomic E-state index is 13.3. The first kappa shape index (κ1) is 16.9. The predicted molar refractivity (Wildman–Crippen MR) is 78.9 cm³/mol. The molecule has 0 saturated carbocycles. The Labute approximate surface area is 121 Å². The van der Waals surface area contributed by atoms with Crippen molar-refractivity contribution in [1.82, 2.24) is 5.32 Å². The van der Waals surface area contributed by atoms with E-state index in [0.29, 0.717) is 15.7 Å². The van der Waals surface area contributed by atoms with E-state index in [1.54, 1.807) is 6.07 Å². The lowest BCUT2D eigenvalue weighted by molar-refractivity contribution is 0.171. The van der Waals surface area contributed by atoms with Gasteiger partial charge in [0.15, 0.2) is 0 Å². The Kier molecular flexibility index (Phi) is 7.30. The first-order chi connectivity index (χ1) is 7.41. The maximum atomic E-state index is 13.3. The van der Waals surface area contributed by atoms with Crippen molar-refractivity contribution in [3.8, 4) is 0 Å². The fourth-order valence-corrected chi connectivity index (χ4v) is 1.88. The number of aliphatic hydroxyl groups excluding tert-OH is 1. The minimum absolute atomic E-state index is 0. The highest BCUT2D eigenvalue weighted by Gasteiger charge is 2.12. The van der Waals surface area contributed by atoms with E-state index in [1.807, 2.05) is 36.4 Å². The second-order valence-electron chi connectivity index (χ2n) is 3.98. The van der Waals surface area contributed by atoms with Gasteiger partial charge in [0.05, 0.1) is 11.8 Å². The molecule has 0 heterocycles. The molecule has 0 spiro atoms. The number of hydrogen-bond donors (Lipinski definition) is 3. The van der Waals surface area contributed by atoms with Crippen molar-refractivity contribution in [1.29, 1.82) is 0 Å². The molecule has 0 aliphatic carbocycles. The molecule has 17 heavy (non-hydrogen) atoms. The van der Waals surface area contributed by atoms with E-state index < -0.39 is 11.9 Å². The van der Waals surface area contributed by atoms with Crippen molar-refractivity contribution >= 4 is 40.7 Å². The van der Waals surface area contributed by atoms with Crippen LogP contribution >= 0.6 is 35.0 Å². The molecule has 1 atom stereocenters. The SMILES string of the molecule is CC(C)NCC(O)c1cc(F)c(N)c(I)c1.Cl. The van der Waals surface area contributed by atoms with Gasteiger partial charge in [-0.25, -0.2) is 4.39 Å². The highest BCUT2D eigenvalue weighted by atomic mass is 127. The highest BCUT2D eigenvalue weighted by molar-refractivity contribution is 14.1. The summed E-state index contributed by atoms with van der Waals surface area (Å²) < 4.78 is 14.0. The summed E-state index contributed by atoms with van der Waals surface area (Å²) in [6.07, 6.45) is -0.717. The zero-order valence-electron chi connectivity index (χ0n) is 9.71. The largest absolute Gasteiger partial charge is 0.395 e. The standard InChI is InChI=1S/C11H16FIN2O.ClH/c1-6(2)15-5-10(16)7-3-8(12)11(14)9(13)4-7;/h3-4,6,10,15-16H,5,14H2,1-2H3;1H. The Hall–Kier alpha value is -0.110. The van der Waals surface area contributed by atoms with Crippen molar-refractivity contribution in [3.63, 3.8) is 0 Å². The number of aliphatic hydroxyl groups is 1. The fraction of sp³-hybridized carbons (Fsp3) is 0.455. The van der Waals surface area contributed by atoms with Crippen LogP contribution in [-0.4, -0.2) is 17.7 Å². The fourth-order valence-electron chi connectivity index (χ4n) is 1.26. The van der Waals surface area contributed by atoms with Gasteiger partial charge in [-0.2, -0.15) is 0 Å². The number of hydrogen-bond acceptors (Lipinski definition) is 3. The Morgan fingerprint density at radius 2 is 2.06 bits per heavy atom. The number of halogens is 3. The van der Waals surface area contributed by atoms with Crippen LogP contribution in [0.4, 0.5) is 10.1 Å². The first-order valence-corrected chi connectivity index (χ1v) is 6.15. The molecule has 1 aromatic rings. The first-order valence-electron chi connectivity index (χ1n) is 5.07. The molecule has 4 N–H and O–H groups in total. The van der Waals surface area contributed by atoms with Crippen molar-refractivity contribution < 1.29 is 9.50 Å². The lowest BCUT2D eigenvalue weighted by Gasteiger charge is -2.15. The normalized spacial score (nSPS) is 12.4. The molecule has 0 radical (unpaired) electrons. The summed E-state index contributed by atoms with van der Waals surface area (Å²) in [6, 6.07) is 3.27. The number of benzene rings is 1. The van der Waals surface area contributed by atoms with Gasteiger partial charge in [0.2, 0.25) is 0 Å². The topological polar surface area (TPSA) is 58.3 Å². The van der Waals surface area contributed by atoms with Crippen LogP contribution in [-0.2, 0) is 0 Å². The molecule has 0 fully saturated rings. The van der Waals surface area contributed by atoms with E-state index in [-0.39, 0.29) is 24.1 Å². The van der Waals surface area contributed by atoms with Gasteiger partial charge in [-0.15, -0.1) is 12.4 Å². The van der Waals surface area contributed by atoms with Crippen LogP contribution < -0.4 is 11.1 Å². The molecule has 1 unspecified atom stereocenters. The van der Waals surface area contributed by atoms with Crippen molar-refractivity contribution in [2.24, 2.45) is 0 Å². The van der Waals surface area contributed by atoms with Gasteiger partial charge in [0.1, 0.15) is 5.82 Å². The molecule has 1 rings (SSSR count). The number of nitrogens with one attached hydrogen (secondary N) is 1. The third-order valence-electron chi connectivity index (χ3n) is 2.21. The van der Waals surface area contributed by atoms with E-state index in [2.05, 4.69) is 5.32 Å². The van der Waals surface area contributed by atoms with E-state index in [0.717, 1.165) is 0 Å². The average Bonchev–Trinajstić information content (AvgIpc) is 2.21. The van der Waals surface area contributed by atoms with Crippen LogP contribution in [0.1, 0.15) is 25.5 Å². The molecule has 0 amide bonds. The minimum Gasteiger partial charge on any atom is -0.395 e. The van der Waals surface area contributed by atoms with Gasteiger partial charge in [0.25, 0.3) is 0 Å². The van der Waals surface area contributed by atoms with E-state index >= 15 is 0 Å². The Bertz CT molecular complexity index is 353. The van der Waals surface area contributed by atoms with E-state index in [4.69, 9.17) is 5.73 Å². The highest BCUT2D eigenvalue weighted by Crippen LogP contribution is 2.24. The maximum Gasteiger partial charge on any atom is 0.147 e. The summed E-state index contributed by atoms with van der Waals surface area (Å²) in [7, 11) is 0. The van der Waals surface area contributed by atoms with Gasteiger partial charge in [-0.1, -0.05) is 13.8 Å². The second-order valence-corrected chi connectivity index (χ2v) is 5.14. The third-order valence-corrected chi connectivity index (χ3v) is 3.10. The van der Waals surface area contributed by atoms with Crippen molar-refractivity contribution in [2.45, 2.75) is 26.0 Å². The smallest absolute Gasteiger partial charge is 0.147 e. The lowest BCUT2D eigenvalue weighted by atomic mass is 10.1. The third kappa shape index (κ3) is 4.95. The lowest BCUT2D eigenvalue weighted by Crippen LogP contribution is -2.28. The van der Waals surface area contributed by atoms with Crippen LogP contribution in [0.3, 0.4) is 0 Å². The Morgan fingerprint density at radius 3 is 2.53 bits per heavy atom. The Balaban J connectivity index is 0.00000256. The zero-order chi connectivity index (χ0) is 12.3. The van der Waals surface area contributed by atoms with E-state index in [1.165, 1.54) is 6.07 Å². The monoisotopic (exact) mass is 374 g/mol. The van der Waals surface area contributed by atoms with Crippen LogP contribution in [0, 0.1) is 9.39 Å². The average molecular weight is 375 g/mol. The van der Waals surface area contributed by atoms with Crippen molar-refractivity contribution in [2.75, 3.05) is 12.3 Å². The molecule has 98 valence electrons. The number of anilines is 1.